The minimum atomic E-state index is -0.533. The van der Waals surface area contributed by atoms with Gasteiger partial charge in [-0.3, -0.25) is 9.78 Å². The van der Waals surface area contributed by atoms with Gasteiger partial charge in [0.2, 0.25) is 0 Å². The van der Waals surface area contributed by atoms with Crippen molar-refractivity contribution in [3.8, 4) is 0 Å². The molecule has 0 spiro atoms. The fourth-order valence-electron chi connectivity index (χ4n) is 1.79. The monoisotopic (exact) mass is 264 g/mol. The summed E-state index contributed by atoms with van der Waals surface area (Å²) in [6, 6.07) is 3.07. The molecule has 0 saturated carbocycles. The first kappa shape index (κ1) is 13.5. The number of rotatable bonds is 5. The highest BCUT2D eigenvalue weighted by Gasteiger charge is 2.16. The van der Waals surface area contributed by atoms with Crippen molar-refractivity contribution < 1.29 is 19.1 Å². The summed E-state index contributed by atoms with van der Waals surface area (Å²) in [5, 5.41) is 2.68. The highest BCUT2D eigenvalue weighted by molar-refractivity contribution is 5.91. The second kappa shape index (κ2) is 6.84. The molecular weight excluding hydrogens is 248 g/mol. The normalized spacial score (nSPS) is 18.0. The predicted octanol–water partition coefficient (Wildman–Crippen LogP) is 0.534. The number of pyridine rings is 1. The van der Waals surface area contributed by atoms with E-state index in [1.54, 1.807) is 0 Å². The topological polar surface area (TPSA) is 77.5 Å². The second-order valence-electron chi connectivity index (χ2n) is 4.25. The lowest BCUT2D eigenvalue weighted by molar-refractivity contribution is -0.124. The van der Waals surface area contributed by atoms with Crippen LogP contribution in [0.1, 0.15) is 23.2 Å². The first-order chi connectivity index (χ1) is 9.25. The van der Waals surface area contributed by atoms with Gasteiger partial charge in [0.1, 0.15) is 0 Å². The van der Waals surface area contributed by atoms with E-state index < -0.39 is 5.97 Å². The molecule has 0 aromatic carbocycles. The van der Waals surface area contributed by atoms with Crippen LogP contribution in [0.15, 0.2) is 24.5 Å². The Balaban J connectivity index is 1.67. The van der Waals surface area contributed by atoms with Crippen LogP contribution in [-0.2, 0) is 14.3 Å². The number of ether oxygens (including phenoxy) is 2. The van der Waals surface area contributed by atoms with Gasteiger partial charge in [0.15, 0.2) is 6.61 Å². The Labute approximate surface area is 111 Å². The van der Waals surface area contributed by atoms with Crippen LogP contribution >= 0.6 is 0 Å². The first-order valence-corrected chi connectivity index (χ1v) is 6.21. The van der Waals surface area contributed by atoms with Gasteiger partial charge in [-0.1, -0.05) is 0 Å². The molecule has 1 fully saturated rings. The maximum atomic E-state index is 11.6. The van der Waals surface area contributed by atoms with Crippen molar-refractivity contribution in [2.75, 3.05) is 19.8 Å². The van der Waals surface area contributed by atoms with Crippen LogP contribution in [0.4, 0.5) is 0 Å². The summed E-state index contributed by atoms with van der Waals surface area (Å²) in [6.07, 6.45) is 5.05. The van der Waals surface area contributed by atoms with Gasteiger partial charge in [0.05, 0.1) is 11.7 Å². The van der Waals surface area contributed by atoms with E-state index in [1.165, 1.54) is 24.5 Å². The number of hydrogen-bond acceptors (Lipinski definition) is 5. The Hall–Kier alpha value is -1.95. The van der Waals surface area contributed by atoms with Crippen molar-refractivity contribution in [1.82, 2.24) is 10.3 Å². The van der Waals surface area contributed by atoms with E-state index in [0.29, 0.717) is 12.1 Å². The van der Waals surface area contributed by atoms with Gasteiger partial charge in [0, 0.05) is 25.5 Å². The third kappa shape index (κ3) is 4.33. The molecule has 1 unspecified atom stereocenters. The Morgan fingerprint density at radius 3 is 2.89 bits per heavy atom. The van der Waals surface area contributed by atoms with Crippen molar-refractivity contribution in [2.24, 2.45) is 0 Å². The Kier molecular flexibility index (Phi) is 4.85. The molecular formula is C13H16N2O4. The Bertz CT molecular complexity index is 430. The number of aromatic nitrogens is 1. The summed E-state index contributed by atoms with van der Waals surface area (Å²) in [7, 11) is 0. The summed E-state index contributed by atoms with van der Waals surface area (Å²) >= 11 is 0. The molecule has 6 heteroatoms. The Morgan fingerprint density at radius 2 is 2.21 bits per heavy atom. The molecule has 0 aliphatic carbocycles. The number of nitrogens with one attached hydrogen (secondary N) is 1. The summed E-state index contributed by atoms with van der Waals surface area (Å²) in [6.45, 7) is 0.928. The summed E-state index contributed by atoms with van der Waals surface area (Å²) in [4.78, 5) is 26.8. The summed E-state index contributed by atoms with van der Waals surface area (Å²) in [5.41, 5.74) is 0.377. The maximum absolute atomic E-state index is 11.6. The molecule has 0 radical (unpaired) electrons. The number of esters is 1. The maximum Gasteiger partial charge on any atom is 0.338 e. The number of carbonyl (C=O) groups is 2. The zero-order valence-electron chi connectivity index (χ0n) is 10.5. The quantitative estimate of drug-likeness (QED) is 0.785. The van der Waals surface area contributed by atoms with E-state index in [-0.39, 0.29) is 18.6 Å². The lowest BCUT2D eigenvalue weighted by Crippen LogP contribution is -2.34. The van der Waals surface area contributed by atoms with E-state index >= 15 is 0 Å². The molecule has 1 aliphatic rings. The molecule has 0 bridgehead atoms. The van der Waals surface area contributed by atoms with Crippen LogP contribution in [0.3, 0.4) is 0 Å². The molecule has 2 heterocycles. The fraction of sp³-hybridized carbons (Fsp3) is 0.462. The minimum Gasteiger partial charge on any atom is -0.452 e. The zero-order valence-corrected chi connectivity index (χ0v) is 10.5. The highest BCUT2D eigenvalue weighted by Crippen LogP contribution is 2.10. The zero-order chi connectivity index (χ0) is 13.5. The average molecular weight is 264 g/mol. The number of carbonyl (C=O) groups excluding carboxylic acids is 2. The summed E-state index contributed by atoms with van der Waals surface area (Å²) in [5.74, 6) is -0.854. The van der Waals surface area contributed by atoms with Crippen LogP contribution in [0.5, 0.6) is 0 Å². The van der Waals surface area contributed by atoms with Crippen molar-refractivity contribution in [2.45, 2.75) is 18.9 Å². The van der Waals surface area contributed by atoms with Crippen LogP contribution in [0, 0.1) is 0 Å². The lowest BCUT2D eigenvalue weighted by Gasteiger charge is -2.10. The second-order valence-corrected chi connectivity index (χ2v) is 4.25. The number of amides is 1. The molecule has 1 aliphatic heterocycles. The van der Waals surface area contributed by atoms with Crippen LogP contribution in [0.2, 0.25) is 0 Å². The van der Waals surface area contributed by atoms with Gasteiger partial charge in [-0.05, 0) is 25.0 Å². The standard InChI is InChI=1S/C13H16N2O4/c16-12(15-8-11-2-1-7-18-11)9-19-13(17)10-3-5-14-6-4-10/h3-6,11H,1-2,7-9H2,(H,15,16). The van der Waals surface area contributed by atoms with Crippen molar-refractivity contribution >= 4 is 11.9 Å². The number of nitrogens with zero attached hydrogens (tertiary/aromatic N) is 1. The van der Waals surface area contributed by atoms with Gasteiger partial charge in [-0.25, -0.2) is 4.79 Å². The Morgan fingerprint density at radius 1 is 1.42 bits per heavy atom. The SMILES string of the molecule is O=C(COC(=O)c1ccncc1)NCC1CCCO1. The molecule has 2 rings (SSSR count). The average Bonchev–Trinajstić information content (AvgIpc) is 2.96. The molecule has 1 amide bonds. The van der Waals surface area contributed by atoms with Crippen LogP contribution < -0.4 is 5.32 Å². The summed E-state index contributed by atoms with van der Waals surface area (Å²) < 4.78 is 10.3. The number of hydrogen-bond donors (Lipinski definition) is 1. The third-order valence-corrected chi connectivity index (χ3v) is 2.80. The molecule has 102 valence electrons. The molecule has 1 N–H and O–H groups in total. The van der Waals surface area contributed by atoms with Crippen LogP contribution in [0.25, 0.3) is 0 Å². The lowest BCUT2D eigenvalue weighted by atomic mass is 10.2. The van der Waals surface area contributed by atoms with E-state index in [9.17, 15) is 9.59 Å². The van der Waals surface area contributed by atoms with Crippen molar-refractivity contribution in [3.05, 3.63) is 30.1 Å². The minimum absolute atomic E-state index is 0.0832. The first-order valence-electron chi connectivity index (χ1n) is 6.21. The predicted molar refractivity (Wildman–Crippen MR) is 66.5 cm³/mol. The van der Waals surface area contributed by atoms with Crippen molar-refractivity contribution in [1.29, 1.82) is 0 Å². The van der Waals surface area contributed by atoms with Gasteiger partial charge in [-0.2, -0.15) is 0 Å². The van der Waals surface area contributed by atoms with E-state index in [1.807, 2.05) is 0 Å². The fourth-order valence-corrected chi connectivity index (χ4v) is 1.79. The van der Waals surface area contributed by atoms with Gasteiger partial charge >= 0.3 is 5.97 Å². The van der Waals surface area contributed by atoms with Crippen molar-refractivity contribution in [3.63, 3.8) is 0 Å². The van der Waals surface area contributed by atoms with Gasteiger partial charge < -0.3 is 14.8 Å². The van der Waals surface area contributed by atoms with Crippen LogP contribution in [-0.4, -0.2) is 42.7 Å². The smallest absolute Gasteiger partial charge is 0.338 e. The molecule has 1 aromatic rings. The van der Waals surface area contributed by atoms with E-state index in [4.69, 9.17) is 9.47 Å². The highest BCUT2D eigenvalue weighted by atomic mass is 16.5. The molecule has 1 atom stereocenters. The van der Waals surface area contributed by atoms with E-state index in [2.05, 4.69) is 10.3 Å². The van der Waals surface area contributed by atoms with Gasteiger partial charge in [0.25, 0.3) is 5.91 Å². The van der Waals surface area contributed by atoms with E-state index in [0.717, 1.165) is 19.4 Å². The van der Waals surface area contributed by atoms with Gasteiger partial charge in [-0.15, -0.1) is 0 Å². The molecule has 1 saturated heterocycles. The molecule has 1 aromatic heterocycles. The molecule has 19 heavy (non-hydrogen) atoms. The third-order valence-electron chi connectivity index (χ3n) is 2.80. The largest absolute Gasteiger partial charge is 0.452 e. The molecule has 6 nitrogen and oxygen atoms in total.